The lowest BCUT2D eigenvalue weighted by Gasteiger charge is -2.50. The summed E-state index contributed by atoms with van der Waals surface area (Å²) in [6, 6.07) is 3.91. The molecule has 1 amide bonds. The number of anilines is 1. The van der Waals surface area contributed by atoms with E-state index >= 15 is 0 Å². The lowest BCUT2D eigenvalue weighted by molar-refractivity contribution is -0.122. The number of aromatic nitrogens is 2. The molecule has 0 unspecified atom stereocenters. The van der Waals surface area contributed by atoms with Gasteiger partial charge in [-0.3, -0.25) is 9.59 Å². The molecule has 2 aromatic rings. The third-order valence-electron chi connectivity index (χ3n) is 7.35. The minimum absolute atomic E-state index is 0.153. The lowest BCUT2D eigenvalue weighted by Crippen LogP contribution is -2.48. The lowest BCUT2D eigenvalue weighted by atomic mass is 9.58. The Balaban J connectivity index is 1.66. The number of hydrogen-bond donors (Lipinski definition) is 2. The zero-order valence-electron chi connectivity index (χ0n) is 19.2. The summed E-state index contributed by atoms with van der Waals surface area (Å²) >= 11 is 3.42. The molecule has 1 saturated carbocycles. The molecule has 8 heteroatoms. The van der Waals surface area contributed by atoms with Crippen LogP contribution in [0.15, 0.2) is 32.0 Å². The Bertz CT molecular complexity index is 997. The smallest absolute Gasteiger partial charge is 0.283 e. The number of rotatable bonds is 6. The van der Waals surface area contributed by atoms with Crippen molar-refractivity contribution in [2.75, 3.05) is 5.32 Å². The van der Waals surface area contributed by atoms with Gasteiger partial charge in [-0.1, -0.05) is 34.6 Å². The second-order valence-corrected chi connectivity index (χ2v) is 10.3. The number of hydrogen-bond acceptors (Lipinski definition) is 5. The van der Waals surface area contributed by atoms with Gasteiger partial charge in [0.2, 0.25) is 5.91 Å². The molecule has 2 N–H and O–H groups in total. The van der Waals surface area contributed by atoms with Gasteiger partial charge >= 0.3 is 0 Å². The highest BCUT2D eigenvalue weighted by Gasteiger charge is 2.43. The molecule has 1 aliphatic rings. The number of carbonyl (C=O) groups is 1. The van der Waals surface area contributed by atoms with Crippen LogP contribution in [0.2, 0.25) is 0 Å². The Morgan fingerprint density at radius 2 is 2.03 bits per heavy atom. The second kappa shape index (κ2) is 9.18. The number of halogens is 1. The number of amides is 1. The first-order valence-corrected chi connectivity index (χ1v) is 11.6. The Labute approximate surface area is 192 Å². The van der Waals surface area contributed by atoms with Gasteiger partial charge in [0.1, 0.15) is 22.5 Å². The first-order chi connectivity index (χ1) is 14.5. The summed E-state index contributed by atoms with van der Waals surface area (Å²) in [6.45, 7) is 13.5. The molecule has 1 fully saturated rings. The summed E-state index contributed by atoms with van der Waals surface area (Å²) in [5.41, 5.74) is 0.612. The minimum atomic E-state index is -0.334. The van der Waals surface area contributed by atoms with Gasteiger partial charge in [0, 0.05) is 6.04 Å². The van der Waals surface area contributed by atoms with Gasteiger partial charge in [-0.2, -0.15) is 5.10 Å². The summed E-state index contributed by atoms with van der Waals surface area (Å²) in [5, 5.41) is 10.5. The van der Waals surface area contributed by atoms with Crippen molar-refractivity contribution in [3.8, 4) is 0 Å². The molecule has 3 rings (SSSR count). The Morgan fingerprint density at radius 3 is 2.68 bits per heavy atom. The fraction of sp³-hybridized carbons (Fsp3) is 0.609. The van der Waals surface area contributed by atoms with Crippen LogP contribution in [0.5, 0.6) is 0 Å². The molecule has 4 atom stereocenters. The molecule has 1 aliphatic carbocycles. The Hall–Kier alpha value is -2.09. The van der Waals surface area contributed by atoms with Crippen LogP contribution in [-0.2, 0) is 17.9 Å². The normalized spacial score (nSPS) is 25.3. The van der Waals surface area contributed by atoms with Gasteiger partial charge in [0.05, 0.1) is 18.4 Å². The first-order valence-electron chi connectivity index (χ1n) is 10.8. The average Bonchev–Trinajstić information content (AvgIpc) is 3.14. The van der Waals surface area contributed by atoms with E-state index in [-0.39, 0.29) is 36.0 Å². The Morgan fingerprint density at radius 1 is 1.32 bits per heavy atom. The van der Waals surface area contributed by atoms with Crippen LogP contribution in [0.25, 0.3) is 0 Å². The van der Waals surface area contributed by atoms with Gasteiger partial charge < -0.3 is 15.1 Å². The van der Waals surface area contributed by atoms with Gasteiger partial charge in [0.25, 0.3) is 5.56 Å². The van der Waals surface area contributed by atoms with E-state index in [1.807, 2.05) is 19.1 Å². The quantitative estimate of drug-likeness (QED) is 0.625. The summed E-state index contributed by atoms with van der Waals surface area (Å²) in [4.78, 5) is 25.0. The fourth-order valence-corrected chi connectivity index (χ4v) is 4.82. The van der Waals surface area contributed by atoms with Crippen LogP contribution in [-0.4, -0.2) is 21.7 Å². The highest BCUT2D eigenvalue weighted by Crippen LogP contribution is 2.48. The van der Waals surface area contributed by atoms with Gasteiger partial charge in [-0.25, -0.2) is 4.68 Å². The molecule has 0 aliphatic heterocycles. The molecule has 0 radical (unpaired) electrons. The van der Waals surface area contributed by atoms with Crippen LogP contribution in [0.1, 0.15) is 52.6 Å². The highest BCUT2D eigenvalue weighted by molar-refractivity contribution is 9.10. The fourth-order valence-electron chi connectivity index (χ4n) is 4.40. The third kappa shape index (κ3) is 5.05. The second-order valence-electron chi connectivity index (χ2n) is 9.48. The standard InChI is InChI=1S/C23H33BrN4O3/c1-13-9-18(15(3)16(4)23(13,5)6)27-19-11-26-28(22(30)21(19)24)12-20(29)25-10-17-8-7-14(2)31-17/h7-8,11,13,15-16,18,27H,9-10,12H2,1-6H3,(H,25,29)/t13-,15+,16+,18+/m0/s1. The minimum Gasteiger partial charge on any atom is -0.465 e. The zero-order chi connectivity index (χ0) is 22.9. The monoisotopic (exact) mass is 492 g/mol. The Kier molecular flexibility index (Phi) is 6.98. The van der Waals surface area contributed by atoms with E-state index in [0.717, 1.165) is 16.9 Å². The van der Waals surface area contributed by atoms with E-state index in [0.29, 0.717) is 33.7 Å². The number of furan rings is 1. The van der Waals surface area contributed by atoms with Crippen LogP contribution < -0.4 is 16.2 Å². The van der Waals surface area contributed by atoms with Crippen LogP contribution >= 0.6 is 15.9 Å². The predicted octanol–water partition coefficient (Wildman–Crippen LogP) is 4.34. The SMILES string of the molecule is Cc1ccc(CNC(=O)Cn2ncc(N[C@@H]3C[C@H](C)C(C)(C)[C@H](C)[C@H]3C)c(Br)c2=O)o1. The van der Waals surface area contributed by atoms with E-state index in [4.69, 9.17) is 4.42 Å². The van der Waals surface area contributed by atoms with E-state index in [9.17, 15) is 9.59 Å². The van der Waals surface area contributed by atoms with E-state index < -0.39 is 0 Å². The van der Waals surface area contributed by atoms with Crippen molar-refractivity contribution >= 4 is 27.5 Å². The van der Waals surface area contributed by atoms with Crippen LogP contribution in [0, 0.1) is 30.1 Å². The molecule has 7 nitrogen and oxygen atoms in total. The summed E-state index contributed by atoms with van der Waals surface area (Å²) in [6.07, 6.45) is 2.65. The summed E-state index contributed by atoms with van der Waals surface area (Å²) in [7, 11) is 0. The summed E-state index contributed by atoms with van der Waals surface area (Å²) in [5.74, 6) is 2.71. The van der Waals surface area contributed by atoms with Crippen molar-refractivity contribution in [1.82, 2.24) is 15.1 Å². The van der Waals surface area contributed by atoms with E-state index in [1.165, 1.54) is 0 Å². The largest absolute Gasteiger partial charge is 0.465 e. The van der Waals surface area contributed by atoms with Crippen molar-refractivity contribution in [1.29, 1.82) is 0 Å². The molecule has 0 saturated heterocycles. The van der Waals surface area contributed by atoms with Crippen molar-refractivity contribution in [3.05, 3.63) is 44.7 Å². The number of nitrogens with zero attached hydrogens (tertiary/aromatic N) is 2. The molecule has 0 aromatic carbocycles. The van der Waals surface area contributed by atoms with Crippen molar-refractivity contribution in [2.45, 2.75) is 67.1 Å². The van der Waals surface area contributed by atoms with Gasteiger partial charge in [0.15, 0.2) is 0 Å². The van der Waals surface area contributed by atoms with Crippen molar-refractivity contribution in [3.63, 3.8) is 0 Å². The third-order valence-corrected chi connectivity index (χ3v) is 8.12. The number of carbonyl (C=O) groups excluding carboxylic acids is 1. The van der Waals surface area contributed by atoms with Gasteiger partial charge in [-0.15, -0.1) is 0 Å². The van der Waals surface area contributed by atoms with Crippen molar-refractivity contribution in [2.24, 2.45) is 23.2 Å². The number of nitrogens with one attached hydrogen (secondary N) is 2. The molecular formula is C23H33BrN4O3. The van der Waals surface area contributed by atoms with Crippen LogP contribution in [0.4, 0.5) is 5.69 Å². The number of aryl methyl sites for hydroxylation is 1. The highest BCUT2D eigenvalue weighted by atomic mass is 79.9. The van der Waals surface area contributed by atoms with Crippen molar-refractivity contribution < 1.29 is 9.21 Å². The molecular weight excluding hydrogens is 460 g/mol. The first kappa shape index (κ1) is 23.6. The predicted molar refractivity (Wildman–Crippen MR) is 125 cm³/mol. The van der Waals surface area contributed by atoms with E-state index in [1.54, 1.807) is 6.20 Å². The maximum absolute atomic E-state index is 12.8. The molecule has 0 spiro atoms. The average molecular weight is 493 g/mol. The molecule has 0 bridgehead atoms. The maximum atomic E-state index is 12.8. The van der Waals surface area contributed by atoms with E-state index in [2.05, 4.69) is 66.3 Å². The maximum Gasteiger partial charge on any atom is 0.283 e. The molecule has 2 heterocycles. The van der Waals surface area contributed by atoms with Gasteiger partial charge in [-0.05, 0) is 64.6 Å². The topological polar surface area (TPSA) is 89.2 Å². The summed E-state index contributed by atoms with van der Waals surface area (Å²) < 4.78 is 7.00. The zero-order valence-corrected chi connectivity index (χ0v) is 20.7. The molecule has 2 aromatic heterocycles. The molecule has 31 heavy (non-hydrogen) atoms. The van der Waals surface area contributed by atoms with Crippen LogP contribution in [0.3, 0.4) is 0 Å². The molecule has 170 valence electrons.